The number of aryl methyl sites for hydroxylation is 1. The zero-order valence-electron chi connectivity index (χ0n) is 18.1. The Hall–Kier alpha value is -3.70. The van der Waals surface area contributed by atoms with E-state index in [1.165, 1.54) is 10.7 Å². The number of halogens is 3. The minimum atomic E-state index is -4.63. The van der Waals surface area contributed by atoms with E-state index in [-0.39, 0.29) is 5.56 Å². The molecule has 8 nitrogen and oxygen atoms in total. The Morgan fingerprint density at radius 1 is 1.12 bits per heavy atom. The number of alkyl halides is 3. The van der Waals surface area contributed by atoms with Crippen LogP contribution in [0, 0.1) is 6.92 Å². The molecular weight excluding hydrogens is 449 g/mol. The third-order valence-corrected chi connectivity index (χ3v) is 5.60. The number of aromatic nitrogens is 4. The van der Waals surface area contributed by atoms with E-state index in [1.54, 1.807) is 19.1 Å². The minimum absolute atomic E-state index is 0.218. The first-order valence-electron chi connectivity index (χ1n) is 10.4. The van der Waals surface area contributed by atoms with Crippen LogP contribution in [0.15, 0.2) is 48.7 Å². The maximum Gasteiger partial charge on any atom is 0.419 e. The molecule has 1 fully saturated rings. The third-order valence-electron chi connectivity index (χ3n) is 5.60. The van der Waals surface area contributed by atoms with Gasteiger partial charge in [-0.3, -0.25) is 0 Å². The van der Waals surface area contributed by atoms with Gasteiger partial charge in [-0.15, -0.1) is 0 Å². The molecule has 1 saturated heterocycles. The number of anilines is 1. The maximum atomic E-state index is 13.4. The molecule has 3 aromatic heterocycles. The van der Waals surface area contributed by atoms with Gasteiger partial charge in [0.2, 0.25) is 0 Å². The first-order chi connectivity index (χ1) is 16.1. The van der Waals surface area contributed by atoms with Gasteiger partial charge in [-0.25, -0.2) is 14.5 Å². The van der Waals surface area contributed by atoms with Crippen molar-refractivity contribution in [3.63, 3.8) is 0 Å². The topological polar surface area (TPSA) is 114 Å². The van der Waals surface area contributed by atoms with Gasteiger partial charge >= 0.3 is 6.18 Å². The third kappa shape index (κ3) is 4.03. The number of nitrogen functional groups attached to an aromatic ring is 1. The molecule has 34 heavy (non-hydrogen) atoms. The Labute approximate surface area is 192 Å². The van der Waals surface area contributed by atoms with Crippen molar-refractivity contribution in [3.8, 4) is 28.3 Å². The summed E-state index contributed by atoms with van der Waals surface area (Å²) < 4.78 is 52.5. The van der Waals surface area contributed by atoms with Crippen molar-refractivity contribution in [3.05, 3.63) is 59.9 Å². The van der Waals surface area contributed by atoms with Gasteiger partial charge in [0.25, 0.3) is 0 Å². The van der Waals surface area contributed by atoms with Crippen LogP contribution in [0.2, 0.25) is 0 Å². The van der Waals surface area contributed by atoms with E-state index in [2.05, 4.69) is 15.1 Å². The SMILES string of the molecule is Cc1nc2ccc(-c3ccc(OCC4(N)COC4)cc3)nn2c1-c1cnc(N)c(C(F)(F)F)c1. The van der Waals surface area contributed by atoms with Crippen LogP contribution in [0.5, 0.6) is 5.75 Å². The summed E-state index contributed by atoms with van der Waals surface area (Å²) >= 11 is 0. The molecule has 1 aromatic carbocycles. The normalized spacial score (nSPS) is 15.3. The summed E-state index contributed by atoms with van der Waals surface area (Å²) in [5, 5.41) is 4.63. The molecule has 4 N–H and O–H groups in total. The molecule has 5 rings (SSSR count). The largest absolute Gasteiger partial charge is 0.491 e. The number of fused-ring (bicyclic) bond motifs is 1. The highest BCUT2D eigenvalue weighted by Crippen LogP contribution is 2.36. The highest BCUT2D eigenvalue weighted by Gasteiger charge is 2.35. The summed E-state index contributed by atoms with van der Waals surface area (Å²) in [7, 11) is 0. The number of benzene rings is 1. The highest BCUT2D eigenvalue weighted by atomic mass is 19.4. The quantitative estimate of drug-likeness (QED) is 0.459. The molecule has 0 amide bonds. The summed E-state index contributed by atoms with van der Waals surface area (Å²) in [4.78, 5) is 8.17. The van der Waals surface area contributed by atoms with Crippen LogP contribution in [0.4, 0.5) is 19.0 Å². The van der Waals surface area contributed by atoms with Crippen LogP contribution in [0.1, 0.15) is 11.3 Å². The fraction of sp³-hybridized carbons (Fsp3) is 0.261. The van der Waals surface area contributed by atoms with Crippen LogP contribution in [-0.2, 0) is 10.9 Å². The van der Waals surface area contributed by atoms with Crippen molar-refractivity contribution in [1.29, 1.82) is 0 Å². The summed E-state index contributed by atoms with van der Waals surface area (Å²) in [6.07, 6.45) is -3.34. The molecule has 0 radical (unpaired) electrons. The lowest BCUT2D eigenvalue weighted by Gasteiger charge is -2.37. The van der Waals surface area contributed by atoms with Crippen molar-refractivity contribution in [2.45, 2.75) is 18.6 Å². The summed E-state index contributed by atoms with van der Waals surface area (Å²) in [6, 6.07) is 11.8. The molecular formula is C23H21F3N6O2. The predicted octanol–water partition coefficient (Wildman–Crippen LogP) is 3.47. The van der Waals surface area contributed by atoms with Gasteiger partial charge in [0.1, 0.15) is 18.2 Å². The second-order valence-corrected chi connectivity index (χ2v) is 8.36. The average Bonchev–Trinajstić information content (AvgIpc) is 3.11. The molecule has 4 aromatic rings. The molecule has 0 bridgehead atoms. The Morgan fingerprint density at radius 3 is 2.50 bits per heavy atom. The summed E-state index contributed by atoms with van der Waals surface area (Å²) in [6.45, 7) is 2.99. The van der Waals surface area contributed by atoms with Gasteiger partial charge in [-0.2, -0.15) is 18.3 Å². The van der Waals surface area contributed by atoms with Gasteiger partial charge < -0.3 is 20.9 Å². The molecule has 11 heteroatoms. The number of ether oxygens (including phenoxy) is 2. The zero-order valence-corrected chi connectivity index (χ0v) is 18.1. The van der Waals surface area contributed by atoms with E-state index in [0.29, 0.717) is 48.3 Å². The molecule has 0 unspecified atom stereocenters. The number of hydrogen-bond acceptors (Lipinski definition) is 7. The molecule has 4 heterocycles. The zero-order chi connectivity index (χ0) is 24.1. The second kappa shape index (κ2) is 7.96. The Bertz CT molecular complexity index is 1360. The molecule has 0 saturated carbocycles. The van der Waals surface area contributed by atoms with E-state index in [9.17, 15) is 13.2 Å². The molecule has 0 atom stereocenters. The fourth-order valence-corrected chi connectivity index (χ4v) is 3.76. The average molecular weight is 470 g/mol. The predicted molar refractivity (Wildman–Crippen MR) is 119 cm³/mol. The van der Waals surface area contributed by atoms with Crippen LogP contribution < -0.4 is 16.2 Å². The van der Waals surface area contributed by atoms with Crippen LogP contribution >= 0.6 is 0 Å². The van der Waals surface area contributed by atoms with E-state index >= 15 is 0 Å². The molecule has 1 aliphatic rings. The Balaban J connectivity index is 1.48. The monoisotopic (exact) mass is 470 g/mol. The van der Waals surface area contributed by atoms with Gasteiger partial charge in [0, 0.05) is 17.3 Å². The van der Waals surface area contributed by atoms with Crippen molar-refractivity contribution in [2.24, 2.45) is 5.73 Å². The number of hydrogen-bond donors (Lipinski definition) is 2. The maximum absolute atomic E-state index is 13.4. The minimum Gasteiger partial charge on any atom is -0.491 e. The van der Waals surface area contributed by atoms with Gasteiger partial charge in [0.05, 0.1) is 41.4 Å². The first kappa shape index (κ1) is 22.1. The van der Waals surface area contributed by atoms with Crippen molar-refractivity contribution in [1.82, 2.24) is 19.6 Å². The first-order valence-corrected chi connectivity index (χ1v) is 10.4. The number of pyridine rings is 1. The lowest BCUT2D eigenvalue weighted by molar-refractivity contribution is -0.137. The van der Waals surface area contributed by atoms with Crippen molar-refractivity contribution < 1.29 is 22.6 Å². The summed E-state index contributed by atoms with van der Waals surface area (Å²) in [5.41, 5.74) is 13.1. The Kier molecular flexibility index (Phi) is 5.18. The molecule has 1 aliphatic heterocycles. The van der Waals surface area contributed by atoms with Crippen LogP contribution in [-0.4, -0.2) is 44.9 Å². The van der Waals surface area contributed by atoms with Crippen LogP contribution in [0.25, 0.3) is 28.2 Å². The fourth-order valence-electron chi connectivity index (χ4n) is 3.76. The number of imidazole rings is 1. The van der Waals surface area contributed by atoms with E-state index in [0.717, 1.165) is 11.6 Å². The smallest absolute Gasteiger partial charge is 0.419 e. The highest BCUT2D eigenvalue weighted by molar-refractivity contribution is 5.70. The molecule has 0 spiro atoms. The molecule has 176 valence electrons. The van der Waals surface area contributed by atoms with E-state index in [4.69, 9.17) is 20.9 Å². The Morgan fingerprint density at radius 2 is 1.85 bits per heavy atom. The van der Waals surface area contributed by atoms with Gasteiger partial charge in [-0.05, 0) is 49.4 Å². The van der Waals surface area contributed by atoms with Gasteiger partial charge in [-0.1, -0.05) is 0 Å². The lowest BCUT2D eigenvalue weighted by atomic mass is 10.0. The number of rotatable bonds is 5. The van der Waals surface area contributed by atoms with Gasteiger partial charge in [0.15, 0.2) is 5.65 Å². The summed E-state index contributed by atoms with van der Waals surface area (Å²) in [5.74, 6) is 0.0809. The number of nitrogens with zero attached hydrogens (tertiary/aromatic N) is 4. The molecule has 0 aliphatic carbocycles. The van der Waals surface area contributed by atoms with E-state index in [1.807, 2.05) is 24.3 Å². The van der Waals surface area contributed by atoms with Crippen LogP contribution in [0.3, 0.4) is 0 Å². The van der Waals surface area contributed by atoms with E-state index < -0.39 is 23.1 Å². The standard InChI is InChI=1S/C23H21F3N6O2/c1-13-20(15-8-17(23(24,25)26)21(27)29-9-15)32-19(30-13)7-6-18(31-32)14-2-4-16(5-3-14)34-12-22(28)10-33-11-22/h2-9H,10-12,28H2,1H3,(H2,27,29). The second-order valence-electron chi connectivity index (χ2n) is 8.36. The lowest BCUT2D eigenvalue weighted by Crippen LogP contribution is -2.61. The number of nitrogens with two attached hydrogens (primary N) is 2. The van der Waals surface area contributed by atoms with Crippen molar-refractivity contribution >= 4 is 11.5 Å². The van der Waals surface area contributed by atoms with Crippen molar-refractivity contribution in [2.75, 3.05) is 25.6 Å².